The van der Waals surface area contributed by atoms with E-state index in [1.165, 1.54) is 44.0 Å². The van der Waals surface area contributed by atoms with E-state index in [0.717, 1.165) is 10.4 Å². The summed E-state index contributed by atoms with van der Waals surface area (Å²) >= 11 is 1.69. The number of nitrogens with one attached hydrogen (secondary N) is 2. The summed E-state index contributed by atoms with van der Waals surface area (Å²) in [4.78, 5) is 39.0. The molecule has 2 aromatic rings. The van der Waals surface area contributed by atoms with Crippen molar-refractivity contribution in [3.8, 4) is 10.4 Å². The van der Waals surface area contributed by atoms with Crippen molar-refractivity contribution in [2.45, 2.75) is 84.8 Å². The molecule has 1 saturated carbocycles. The maximum atomic E-state index is 11.9. The first kappa shape index (κ1) is 28.1. The fraction of sp³-hybridized carbons (Fsp3) is 0.520. The van der Waals surface area contributed by atoms with Gasteiger partial charge in [-0.25, -0.2) is 14.6 Å². The molecule has 3 amide bonds. The predicted molar refractivity (Wildman–Crippen MR) is 139 cm³/mol. The maximum Gasteiger partial charge on any atom is 0.411 e. The van der Waals surface area contributed by atoms with Gasteiger partial charge in [0.2, 0.25) is 5.91 Å². The molecule has 0 spiro atoms. The fourth-order valence-electron chi connectivity index (χ4n) is 3.67. The smallest absolute Gasteiger partial charge is 0.411 e. The largest absolute Gasteiger partial charge is 0.447 e. The van der Waals surface area contributed by atoms with Gasteiger partial charge in [-0.1, -0.05) is 19.3 Å². The number of hydrogen-bond donors (Lipinski definition) is 3. The highest BCUT2D eigenvalue weighted by Crippen LogP contribution is 2.40. The summed E-state index contributed by atoms with van der Waals surface area (Å²) in [6, 6.07) is 5.45. The van der Waals surface area contributed by atoms with Crippen molar-refractivity contribution >= 4 is 40.8 Å². The Balaban J connectivity index is 0.000000540. The van der Waals surface area contributed by atoms with Gasteiger partial charge >= 0.3 is 12.2 Å². The van der Waals surface area contributed by atoms with E-state index in [2.05, 4.69) is 26.1 Å². The van der Waals surface area contributed by atoms with Gasteiger partial charge in [0.25, 0.3) is 0 Å². The first-order chi connectivity index (χ1) is 16.5. The summed E-state index contributed by atoms with van der Waals surface area (Å²) in [5.41, 5.74) is 6.74. The Morgan fingerprint density at radius 1 is 1.03 bits per heavy atom. The standard InChI is InChI=1S/C21H27N3O3S.C4H9NO2/c1-13(2)27-21(26)24-16-9-10-17(18(11-16)23-14(3)25)19-12-22-20(28-19)15-7-5-4-6-8-15;1-3(2)7-4(5)6/h9-13,15H,4-8H2,1-3H3,(H,23,25)(H,24,26);3H,1-2H3,(H2,5,6). The Morgan fingerprint density at radius 2 is 1.69 bits per heavy atom. The normalized spacial score (nSPS) is 13.6. The van der Waals surface area contributed by atoms with E-state index < -0.39 is 12.2 Å². The minimum Gasteiger partial charge on any atom is -0.447 e. The lowest BCUT2D eigenvalue weighted by molar-refractivity contribution is -0.114. The van der Waals surface area contributed by atoms with Crippen LogP contribution in [0.1, 0.15) is 77.6 Å². The van der Waals surface area contributed by atoms with Crippen molar-refractivity contribution in [1.29, 1.82) is 0 Å². The molecule has 0 bridgehead atoms. The molecule has 1 heterocycles. The van der Waals surface area contributed by atoms with Crippen LogP contribution in [0.5, 0.6) is 0 Å². The Bertz CT molecular complexity index is 999. The molecule has 0 unspecified atom stereocenters. The number of benzene rings is 1. The van der Waals surface area contributed by atoms with Crippen LogP contribution in [0.3, 0.4) is 0 Å². The third-order valence-corrected chi connectivity index (χ3v) is 6.21. The molecule has 0 atom stereocenters. The van der Waals surface area contributed by atoms with E-state index in [-0.39, 0.29) is 18.1 Å². The molecule has 1 aliphatic rings. The Labute approximate surface area is 210 Å². The number of hydrogen-bond acceptors (Lipinski definition) is 7. The van der Waals surface area contributed by atoms with Gasteiger partial charge in [-0.15, -0.1) is 11.3 Å². The summed E-state index contributed by atoms with van der Waals surface area (Å²) in [5.74, 6) is 0.378. The van der Waals surface area contributed by atoms with E-state index >= 15 is 0 Å². The van der Waals surface area contributed by atoms with Crippen LogP contribution < -0.4 is 16.4 Å². The number of nitrogens with two attached hydrogens (primary N) is 1. The Hall–Kier alpha value is -3.14. The first-order valence-electron chi connectivity index (χ1n) is 11.9. The van der Waals surface area contributed by atoms with Gasteiger partial charge in [0.15, 0.2) is 0 Å². The topological polar surface area (TPSA) is 133 Å². The molecule has 1 aliphatic carbocycles. The molecule has 10 heteroatoms. The van der Waals surface area contributed by atoms with Crippen molar-refractivity contribution < 1.29 is 23.9 Å². The maximum absolute atomic E-state index is 11.9. The van der Waals surface area contributed by atoms with E-state index in [1.54, 1.807) is 45.1 Å². The monoisotopic (exact) mass is 504 g/mol. The number of aromatic nitrogens is 1. The molecule has 3 rings (SSSR count). The highest BCUT2D eigenvalue weighted by atomic mass is 32.1. The van der Waals surface area contributed by atoms with Crippen LogP contribution in [0.4, 0.5) is 21.0 Å². The summed E-state index contributed by atoms with van der Waals surface area (Å²) in [6.45, 7) is 8.53. The lowest BCUT2D eigenvalue weighted by atomic mass is 9.90. The summed E-state index contributed by atoms with van der Waals surface area (Å²) in [5, 5.41) is 6.73. The molecule has 0 aliphatic heterocycles. The molecule has 192 valence electrons. The third kappa shape index (κ3) is 9.94. The van der Waals surface area contributed by atoms with Gasteiger partial charge in [-0.3, -0.25) is 10.1 Å². The highest BCUT2D eigenvalue weighted by Gasteiger charge is 2.20. The molecule has 1 fully saturated rings. The SMILES string of the molecule is CC(=O)Nc1cc(NC(=O)OC(C)C)ccc1-c1cnc(C2CCCCC2)s1.CC(C)OC(N)=O. The van der Waals surface area contributed by atoms with Crippen LogP contribution >= 0.6 is 11.3 Å². The van der Waals surface area contributed by atoms with Gasteiger partial charge in [-0.05, 0) is 58.7 Å². The number of carbonyl (C=O) groups is 3. The molecule has 35 heavy (non-hydrogen) atoms. The van der Waals surface area contributed by atoms with Gasteiger partial charge in [-0.2, -0.15) is 0 Å². The summed E-state index contributed by atoms with van der Waals surface area (Å²) < 4.78 is 9.50. The van der Waals surface area contributed by atoms with Gasteiger partial charge in [0.1, 0.15) is 0 Å². The minimum atomic E-state index is -0.713. The molecule has 0 saturated heterocycles. The predicted octanol–water partition coefficient (Wildman–Crippen LogP) is 6.26. The van der Waals surface area contributed by atoms with Gasteiger partial charge in [0.05, 0.1) is 27.8 Å². The molecule has 1 aromatic heterocycles. The molecule has 4 N–H and O–H groups in total. The number of nitrogens with zero attached hydrogens (tertiary/aromatic N) is 1. The Kier molecular flexibility index (Phi) is 11.0. The second kappa shape index (κ2) is 13.7. The van der Waals surface area contributed by atoms with Crippen molar-refractivity contribution in [3.63, 3.8) is 0 Å². The van der Waals surface area contributed by atoms with Crippen LogP contribution in [0.2, 0.25) is 0 Å². The second-order valence-electron chi connectivity index (χ2n) is 8.90. The number of amides is 3. The first-order valence-corrected chi connectivity index (χ1v) is 12.7. The quantitative estimate of drug-likeness (QED) is 0.425. The number of carbonyl (C=O) groups excluding carboxylic acids is 3. The fourth-order valence-corrected chi connectivity index (χ4v) is 4.80. The van der Waals surface area contributed by atoms with Gasteiger partial charge in [0, 0.05) is 30.3 Å². The molecule has 0 radical (unpaired) electrons. The van der Waals surface area contributed by atoms with E-state index in [9.17, 15) is 14.4 Å². The lowest BCUT2D eigenvalue weighted by Gasteiger charge is -2.18. The minimum absolute atomic E-state index is 0.0995. The lowest BCUT2D eigenvalue weighted by Crippen LogP contribution is -2.18. The van der Waals surface area contributed by atoms with E-state index in [4.69, 9.17) is 4.74 Å². The zero-order chi connectivity index (χ0) is 26.0. The van der Waals surface area contributed by atoms with Crippen LogP contribution in [-0.2, 0) is 14.3 Å². The highest BCUT2D eigenvalue weighted by molar-refractivity contribution is 7.15. The van der Waals surface area contributed by atoms with Crippen molar-refractivity contribution in [3.05, 3.63) is 29.4 Å². The molecular weight excluding hydrogens is 468 g/mol. The Morgan fingerprint density at radius 3 is 2.23 bits per heavy atom. The van der Waals surface area contributed by atoms with Crippen LogP contribution in [0.15, 0.2) is 24.4 Å². The van der Waals surface area contributed by atoms with E-state index in [0.29, 0.717) is 17.3 Å². The summed E-state index contributed by atoms with van der Waals surface area (Å²) in [7, 11) is 0. The van der Waals surface area contributed by atoms with Crippen molar-refractivity contribution in [1.82, 2.24) is 4.98 Å². The molecule has 1 aromatic carbocycles. The van der Waals surface area contributed by atoms with Crippen LogP contribution in [0, 0.1) is 0 Å². The number of ether oxygens (including phenoxy) is 2. The van der Waals surface area contributed by atoms with Gasteiger partial charge < -0.3 is 20.5 Å². The van der Waals surface area contributed by atoms with Crippen molar-refractivity contribution in [2.75, 3.05) is 10.6 Å². The third-order valence-electron chi connectivity index (χ3n) is 5.01. The van der Waals surface area contributed by atoms with E-state index in [1.807, 2.05) is 18.3 Å². The average Bonchev–Trinajstić information content (AvgIpc) is 3.23. The zero-order valence-corrected chi connectivity index (χ0v) is 21.9. The number of primary amides is 1. The number of thiazole rings is 1. The van der Waals surface area contributed by atoms with Crippen LogP contribution in [0.25, 0.3) is 10.4 Å². The van der Waals surface area contributed by atoms with Crippen molar-refractivity contribution in [2.24, 2.45) is 5.73 Å². The zero-order valence-electron chi connectivity index (χ0n) is 21.1. The molecule has 9 nitrogen and oxygen atoms in total. The number of anilines is 2. The average molecular weight is 505 g/mol. The van der Waals surface area contributed by atoms with Crippen LogP contribution in [-0.4, -0.2) is 35.3 Å². The molecular formula is C25H36N4O5S. The summed E-state index contributed by atoms with van der Waals surface area (Å²) in [6.07, 6.45) is 6.60. The second-order valence-corrected chi connectivity index (χ2v) is 9.97. The number of rotatable bonds is 6.